The third-order valence-corrected chi connectivity index (χ3v) is 5.31. The predicted molar refractivity (Wildman–Crippen MR) is 101 cm³/mol. The Kier molecular flexibility index (Phi) is 4.26. The van der Waals surface area contributed by atoms with Gasteiger partial charge >= 0.3 is 7.12 Å². The third kappa shape index (κ3) is 3.71. The summed E-state index contributed by atoms with van der Waals surface area (Å²) in [6, 6.07) is 4.06. The minimum atomic E-state index is -0.367. The molecule has 1 aromatic heterocycles. The lowest BCUT2D eigenvalue weighted by Crippen LogP contribution is -2.57. The second-order valence-corrected chi connectivity index (χ2v) is 9.51. The van der Waals surface area contributed by atoms with Crippen molar-refractivity contribution in [2.24, 2.45) is 0 Å². The van der Waals surface area contributed by atoms with Gasteiger partial charge in [0.1, 0.15) is 5.82 Å². The van der Waals surface area contributed by atoms with E-state index >= 15 is 0 Å². The van der Waals surface area contributed by atoms with Crippen molar-refractivity contribution in [1.82, 2.24) is 4.98 Å². The van der Waals surface area contributed by atoms with E-state index in [0.29, 0.717) is 0 Å². The lowest BCUT2D eigenvalue weighted by atomic mass is 9.79. The predicted octanol–water partition coefficient (Wildman–Crippen LogP) is 2.77. The van der Waals surface area contributed by atoms with E-state index in [9.17, 15) is 0 Å². The molecule has 25 heavy (non-hydrogen) atoms. The van der Waals surface area contributed by atoms with Gasteiger partial charge in [-0.3, -0.25) is 0 Å². The summed E-state index contributed by atoms with van der Waals surface area (Å²) in [5.74, 6) is 0.941. The zero-order valence-corrected chi connectivity index (χ0v) is 16.8. The lowest BCUT2D eigenvalue weighted by molar-refractivity contribution is -0.133. The average molecular weight is 346 g/mol. The van der Waals surface area contributed by atoms with Gasteiger partial charge in [0.2, 0.25) is 0 Å². The molecule has 3 rings (SSSR count). The number of nitrogens with zero attached hydrogens (tertiary/aromatic N) is 2. The highest BCUT2D eigenvalue weighted by molar-refractivity contribution is 6.62. The number of pyridine rings is 1. The van der Waals surface area contributed by atoms with Crippen molar-refractivity contribution in [2.45, 2.75) is 77.8 Å². The first-order valence-electron chi connectivity index (χ1n) is 9.07. The Labute approximate surface area is 152 Å². The molecule has 0 atom stereocenters. The Balaban J connectivity index is 1.85. The number of rotatable bonds is 2. The highest BCUT2D eigenvalue weighted by Gasteiger charge is 2.52. The minimum Gasteiger partial charge on any atom is -0.399 e. The molecule has 0 N–H and O–H groups in total. The van der Waals surface area contributed by atoms with Gasteiger partial charge in [-0.25, -0.2) is 4.98 Å². The molecule has 2 aliphatic heterocycles. The van der Waals surface area contributed by atoms with Crippen LogP contribution in [0.2, 0.25) is 0 Å². The zero-order chi connectivity index (χ0) is 18.7. The smallest absolute Gasteiger partial charge is 0.399 e. The molecule has 6 heteroatoms. The van der Waals surface area contributed by atoms with Crippen molar-refractivity contribution in [2.75, 3.05) is 18.0 Å². The molecular weight excluding hydrogens is 315 g/mol. The summed E-state index contributed by atoms with van der Waals surface area (Å²) < 4.78 is 18.5. The molecule has 1 aromatic rings. The summed E-state index contributed by atoms with van der Waals surface area (Å²) in [4.78, 5) is 6.89. The molecule has 2 aliphatic rings. The molecule has 0 amide bonds. The van der Waals surface area contributed by atoms with Gasteiger partial charge in [-0.2, -0.15) is 0 Å². The molecule has 5 nitrogen and oxygen atoms in total. The van der Waals surface area contributed by atoms with Crippen molar-refractivity contribution >= 4 is 18.4 Å². The summed E-state index contributed by atoms with van der Waals surface area (Å²) in [6.45, 7) is 18.4. The van der Waals surface area contributed by atoms with E-state index < -0.39 is 0 Å². The van der Waals surface area contributed by atoms with Gasteiger partial charge in [0.05, 0.1) is 22.4 Å². The first kappa shape index (κ1) is 18.7. The highest BCUT2D eigenvalue weighted by Crippen LogP contribution is 2.37. The largest absolute Gasteiger partial charge is 0.495 e. The summed E-state index contributed by atoms with van der Waals surface area (Å²) in [5, 5.41) is 0. The third-order valence-electron chi connectivity index (χ3n) is 5.31. The Hall–Kier alpha value is -1.11. The number of hydrogen-bond donors (Lipinski definition) is 0. The van der Waals surface area contributed by atoms with E-state index in [4.69, 9.17) is 14.0 Å². The molecule has 2 fully saturated rings. The van der Waals surface area contributed by atoms with Gasteiger partial charge in [-0.1, -0.05) is 0 Å². The SMILES string of the molecule is CC1(C)CN(c2cc(B3OC(C)(C)C(C)(C)O3)ccn2)CC(C)(C)O1. The summed E-state index contributed by atoms with van der Waals surface area (Å²) in [7, 11) is -0.367. The number of aromatic nitrogens is 1. The molecule has 2 saturated heterocycles. The monoisotopic (exact) mass is 346 g/mol. The van der Waals surface area contributed by atoms with Crippen LogP contribution in [-0.2, 0) is 14.0 Å². The Bertz CT molecular complexity index is 626. The van der Waals surface area contributed by atoms with Crippen LogP contribution in [-0.4, -0.2) is 47.6 Å². The average Bonchev–Trinajstić information content (AvgIpc) is 2.64. The molecule has 0 radical (unpaired) electrons. The standard InChI is InChI=1S/C19H31BN2O3/c1-16(2)12-22(13-17(3,4)23-16)15-11-14(9-10-21-15)20-24-18(5,6)19(7,8)25-20/h9-11H,12-13H2,1-8H3. The maximum absolute atomic E-state index is 6.18. The molecule has 0 aromatic carbocycles. The van der Waals surface area contributed by atoms with Crippen LogP contribution in [0, 0.1) is 0 Å². The molecule has 0 aliphatic carbocycles. The van der Waals surface area contributed by atoms with Gasteiger partial charge in [-0.15, -0.1) is 0 Å². The van der Waals surface area contributed by atoms with Crippen LogP contribution in [0.3, 0.4) is 0 Å². The Morgan fingerprint density at radius 1 is 0.920 bits per heavy atom. The van der Waals surface area contributed by atoms with E-state index in [1.165, 1.54) is 0 Å². The van der Waals surface area contributed by atoms with Crippen molar-refractivity contribution in [3.05, 3.63) is 18.3 Å². The van der Waals surface area contributed by atoms with E-state index in [2.05, 4.69) is 71.3 Å². The summed E-state index contributed by atoms with van der Waals surface area (Å²) >= 11 is 0. The summed E-state index contributed by atoms with van der Waals surface area (Å²) in [5.41, 5.74) is -0.118. The normalized spacial score (nSPS) is 26.7. The molecular formula is C19H31BN2O3. The van der Waals surface area contributed by atoms with E-state index in [0.717, 1.165) is 24.4 Å². The van der Waals surface area contributed by atoms with Crippen LogP contribution in [0.15, 0.2) is 18.3 Å². The van der Waals surface area contributed by atoms with Crippen molar-refractivity contribution in [1.29, 1.82) is 0 Å². The quantitative estimate of drug-likeness (QED) is 0.771. The second-order valence-electron chi connectivity index (χ2n) is 9.51. The molecule has 0 spiro atoms. The number of anilines is 1. The number of morpholine rings is 1. The molecule has 3 heterocycles. The first-order valence-corrected chi connectivity index (χ1v) is 9.07. The van der Waals surface area contributed by atoms with Gasteiger partial charge in [0.15, 0.2) is 0 Å². The fraction of sp³-hybridized carbons (Fsp3) is 0.737. The van der Waals surface area contributed by atoms with Gasteiger partial charge in [0, 0.05) is 19.3 Å². The van der Waals surface area contributed by atoms with E-state index in [1.807, 2.05) is 12.3 Å². The lowest BCUT2D eigenvalue weighted by Gasteiger charge is -2.47. The summed E-state index contributed by atoms with van der Waals surface area (Å²) in [6.07, 6.45) is 1.84. The van der Waals surface area contributed by atoms with Crippen molar-refractivity contribution in [3.63, 3.8) is 0 Å². The van der Waals surface area contributed by atoms with Gasteiger partial charge < -0.3 is 18.9 Å². The Morgan fingerprint density at radius 3 is 1.96 bits per heavy atom. The minimum absolute atomic E-state index is 0.218. The first-order chi connectivity index (χ1) is 11.3. The van der Waals surface area contributed by atoms with E-state index in [-0.39, 0.29) is 29.5 Å². The maximum atomic E-state index is 6.18. The number of ether oxygens (including phenoxy) is 1. The van der Waals surface area contributed by atoms with Gasteiger partial charge in [0.25, 0.3) is 0 Å². The Morgan fingerprint density at radius 2 is 1.44 bits per heavy atom. The van der Waals surface area contributed by atoms with Crippen molar-refractivity contribution in [3.8, 4) is 0 Å². The van der Waals surface area contributed by atoms with Crippen LogP contribution < -0.4 is 10.4 Å². The maximum Gasteiger partial charge on any atom is 0.495 e. The fourth-order valence-electron chi connectivity index (χ4n) is 3.68. The molecule has 0 bridgehead atoms. The van der Waals surface area contributed by atoms with Gasteiger partial charge in [-0.05, 0) is 73.0 Å². The second kappa shape index (κ2) is 5.70. The zero-order valence-electron chi connectivity index (χ0n) is 16.8. The number of hydrogen-bond acceptors (Lipinski definition) is 5. The van der Waals surface area contributed by atoms with Crippen LogP contribution >= 0.6 is 0 Å². The highest BCUT2D eigenvalue weighted by atomic mass is 16.7. The fourth-order valence-corrected chi connectivity index (χ4v) is 3.68. The molecule has 138 valence electrons. The van der Waals surface area contributed by atoms with Crippen molar-refractivity contribution < 1.29 is 14.0 Å². The molecule has 0 saturated carbocycles. The van der Waals surface area contributed by atoms with Crippen LogP contribution in [0.25, 0.3) is 0 Å². The van der Waals surface area contributed by atoms with Crippen LogP contribution in [0.1, 0.15) is 55.4 Å². The van der Waals surface area contributed by atoms with E-state index in [1.54, 1.807) is 0 Å². The van der Waals surface area contributed by atoms with Crippen LogP contribution in [0.5, 0.6) is 0 Å². The molecule has 0 unspecified atom stereocenters. The van der Waals surface area contributed by atoms with Crippen LogP contribution in [0.4, 0.5) is 5.82 Å². The topological polar surface area (TPSA) is 43.8 Å².